The van der Waals surface area contributed by atoms with Gasteiger partial charge in [-0.15, -0.1) is 0 Å². The fraction of sp³-hybridized carbons (Fsp3) is 0.690. The summed E-state index contributed by atoms with van der Waals surface area (Å²) in [5, 5.41) is 0. The molecule has 0 atom stereocenters. The maximum atomic E-state index is 6.82. The van der Waals surface area contributed by atoms with Gasteiger partial charge >= 0.3 is 0 Å². The van der Waals surface area contributed by atoms with Gasteiger partial charge in [0.1, 0.15) is 17.2 Å². The second-order valence-electron chi connectivity index (χ2n) is 18.9. The van der Waals surface area contributed by atoms with Crippen molar-refractivity contribution < 1.29 is 14.2 Å². The molecule has 0 unspecified atom stereocenters. The molecule has 3 nitrogen and oxygen atoms in total. The monoisotopic (exact) mass is 835 g/mol. The molecule has 0 spiro atoms. The maximum Gasteiger partial charge on any atom is 0.123 e. The van der Waals surface area contributed by atoms with Crippen LogP contribution >= 0.6 is 0 Å². The van der Waals surface area contributed by atoms with E-state index in [9.17, 15) is 0 Å². The van der Waals surface area contributed by atoms with Gasteiger partial charge in [-0.2, -0.15) is 0 Å². The van der Waals surface area contributed by atoms with Crippen LogP contribution in [0.1, 0.15) is 271 Å². The molecule has 0 N–H and O–H groups in total. The Morgan fingerprint density at radius 2 is 0.508 bits per heavy atom. The number of hydrogen-bond acceptors (Lipinski definition) is 3. The zero-order valence-electron chi connectivity index (χ0n) is 39.8. The predicted octanol–water partition coefficient (Wildman–Crippen LogP) is 18.4. The lowest BCUT2D eigenvalue weighted by Crippen LogP contribution is -2.29. The molecular formula is C58H90O3. The van der Waals surface area contributed by atoms with Gasteiger partial charge < -0.3 is 14.2 Å². The molecule has 0 heterocycles. The molecule has 0 radical (unpaired) electrons. The van der Waals surface area contributed by atoms with Gasteiger partial charge in [0.15, 0.2) is 0 Å². The van der Waals surface area contributed by atoms with E-state index in [0.29, 0.717) is 0 Å². The first-order valence-corrected chi connectivity index (χ1v) is 26.6. The van der Waals surface area contributed by atoms with Crippen LogP contribution in [0, 0.1) is 0 Å². The van der Waals surface area contributed by atoms with E-state index in [1.165, 1.54) is 220 Å². The third-order valence-corrected chi connectivity index (χ3v) is 13.9. The Hall–Kier alpha value is -2.94. The quantitative estimate of drug-likeness (QED) is 0.0371. The summed E-state index contributed by atoms with van der Waals surface area (Å²) >= 11 is 0. The van der Waals surface area contributed by atoms with Crippen molar-refractivity contribution in [3.05, 3.63) is 88.0 Å². The van der Waals surface area contributed by atoms with Gasteiger partial charge in [0.05, 0.1) is 19.8 Å². The molecule has 0 saturated carbocycles. The van der Waals surface area contributed by atoms with Crippen molar-refractivity contribution in [1.82, 2.24) is 0 Å². The minimum atomic E-state index is 0.0380. The SMILES string of the molecule is CCCCCCCCCCCCCCOc1cccc2c1C1c3c(OCCCCCCCCCCCC)cccc3C2c2cccc(OCCCCCCCCCCCC)c21. The molecule has 3 aliphatic rings. The summed E-state index contributed by atoms with van der Waals surface area (Å²) in [7, 11) is 0. The second kappa shape index (κ2) is 30.2. The van der Waals surface area contributed by atoms with Crippen molar-refractivity contribution in [1.29, 1.82) is 0 Å². The standard InChI is InChI=1S/C58H90O3/c1-4-7-10-13-16-19-22-23-26-29-32-35-47-61-53-44-38-41-50-54-48-39-36-42-51(59-45-33-30-27-24-20-17-14-11-8-5-2)55(48)58(57(50)53)56-49(54)40-37-43-52(56)60-46-34-31-28-25-21-18-15-12-9-6-3/h36-44,54,58H,4-35,45-47H2,1-3H3. The molecule has 0 saturated heterocycles. The molecule has 3 aromatic carbocycles. The van der Waals surface area contributed by atoms with Gasteiger partial charge in [0.2, 0.25) is 0 Å². The van der Waals surface area contributed by atoms with Crippen LogP contribution in [0.2, 0.25) is 0 Å². The van der Waals surface area contributed by atoms with E-state index in [1.54, 1.807) is 0 Å². The average Bonchev–Trinajstić information content (AvgIpc) is 3.28. The fourth-order valence-corrected chi connectivity index (χ4v) is 10.3. The zero-order chi connectivity index (χ0) is 42.6. The summed E-state index contributed by atoms with van der Waals surface area (Å²) < 4.78 is 20.4. The number of benzene rings is 3. The Balaban J connectivity index is 1.21. The van der Waals surface area contributed by atoms with Gasteiger partial charge in [0, 0.05) is 28.5 Å². The molecule has 340 valence electrons. The third-order valence-electron chi connectivity index (χ3n) is 13.9. The molecule has 0 aromatic heterocycles. The minimum absolute atomic E-state index is 0.0380. The first kappa shape index (κ1) is 49.1. The molecule has 3 aromatic rings. The van der Waals surface area contributed by atoms with E-state index in [-0.39, 0.29) is 11.8 Å². The van der Waals surface area contributed by atoms with E-state index < -0.39 is 0 Å². The van der Waals surface area contributed by atoms with Crippen molar-refractivity contribution in [2.24, 2.45) is 0 Å². The van der Waals surface area contributed by atoms with Crippen LogP contribution in [0.4, 0.5) is 0 Å². The van der Waals surface area contributed by atoms with Crippen molar-refractivity contribution in [2.75, 3.05) is 19.8 Å². The molecule has 0 amide bonds. The van der Waals surface area contributed by atoms with Gasteiger partial charge in [-0.3, -0.25) is 0 Å². The number of ether oxygens (including phenoxy) is 3. The first-order chi connectivity index (χ1) is 30.3. The van der Waals surface area contributed by atoms with E-state index in [2.05, 4.69) is 75.4 Å². The topological polar surface area (TPSA) is 27.7 Å². The van der Waals surface area contributed by atoms with Crippen molar-refractivity contribution in [3.63, 3.8) is 0 Å². The predicted molar refractivity (Wildman–Crippen MR) is 262 cm³/mol. The van der Waals surface area contributed by atoms with Crippen LogP contribution in [0.5, 0.6) is 17.2 Å². The molecule has 3 heteroatoms. The lowest BCUT2D eigenvalue weighted by Gasteiger charge is -2.44. The van der Waals surface area contributed by atoms with Crippen LogP contribution in [0.25, 0.3) is 0 Å². The Morgan fingerprint density at radius 3 is 0.754 bits per heavy atom. The second-order valence-corrected chi connectivity index (χ2v) is 18.9. The number of hydrogen-bond donors (Lipinski definition) is 0. The summed E-state index contributed by atoms with van der Waals surface area (Å²) in [5.74, 6) is 3.36. The Bertz CT molecular complexity index is 1510. The minimum Gasteiger partial charge on any atom is -0.493 e. The lowest BCUT2D eigenvalue weighted by atomic mass is 9.60. The molecule has 0 fully saturated rings. The van der Waals surface area contributed by atoms with Crippen LogP contribution in [-0.2, 0) is 0 Å². The van der Waals surface area contributed by atoms with Crippen LogP contribution < -0.4 is 14.2 Å². The van der Waals surface area contributed by atoms with Gasteiger partial charge in [0.25, 0.3) is 0 Å². The normalized spacial score (nSPS) is 14.8. The van der Waals surface area contributed by atoms with Crippen LogP contribution in [-0.4, -0.2) is 19.8 Å². The summed E-state index contributed by atoms with van der Waals surface area (Å²) in [6.45, 7) is 9.23. The summed E-state index contributed by atoms with van der Waals surface area (Å²) in [4.78, 5) is 0. The molecular weight excluding hydrogens is 745 g/mol. The number of rotatable bonds is 38. The Morgan fingerprint density at radius 1 is 0.279 bits per heavy atom. The van der Waals surface area contributed by atoms with E-state index in [1.807, 2.05) is 0 Å². The largest absolute Gasteiger partial charge is 0.493 e. The Labute approximate surface area is 375 Å². The van der Waals surface area contributed by atoms with E-state index in [4.69, 9.17) is 14.2 Å². The fourth-order valence-electron chi connectivity index (χ4n) is 10.3. The third kappa shape index (κ3) is 16.0. The maximum absolute atomic E-state index is 6.82. The van der Waals surface area contributed by atoms with Crippen LogP contribution in [0.3, 0.4) is 0 Å². The molecule has 61 heavy (non-hydrogen) atoms. The highest BCUT2D eigenvalue weighted by molar-refractivity contribution is 5.74. The van der Waals surface area contributed by atoms with Crippen molar-refractivity contribution in [3.8, 4) is 17.2 Å². The highest BCUT2D eigenvalue weighted by Gasteiger charge is 2.46. The van der Waals surface area contributed by atoms with E-state index in [0.717, 1.165) is 56.3 Å². The van der Waals surface area contributed by atoms with Crippen LogP contribution in [0.15, 0.2) is 54.6 Å². The van der Waals surface area contributed by atoms with Gasteiger partial charge in [-0.1, -0.05) is 243 Å². The number of unbranched alkanes of at least 4 members (excludes halogenated alkanes) is 29. The average molecular weight is 835 g/mol. The smallest absolute Gasteiger partial charge is 0.123 e. The summed E-state index contributed by atoms with van der Waals surface area (Å²) in [5.41, 5.74) is 8.23. The molecule has 3 aliphatic carbocycles. The Kier molecular flexibility index (Phi) is 24.3. The lowest BCUT2D eigenvalue weighted by molar-refractivity contribution is 0.290. The van der Waals surface area contributed by atoms with Gasteiger partial charge in [-0.05, 0) is 54.2 Å². The summed E-state index contributed by atoms with van der Waals surface area (Å²) in [6, 6.07) is 20.5. The summed E-state index contributed by atoms with van der Waals surface area (Å²) in [6.07, 6.45) is 42.9. The van der Waals surface area contributed by atoms with Gasteiger partial charge in [-0.25, -0.2) is 0 Å². The van der Waals surface area contributed by atoms with Crippen molar-refractivity contribution in [2.45, 2.75) is 238 Å². The highest BCUT2D eigenvalue weighted by atomic mass is 16.5. The van der Waals surface area contributed by atoms with E-state index >= 15 is 0 Å². The van der Waals surface area contributed by atoms with Crippen molar-refractivity contribution >= 4 is 0 Å². The molecule has 2 bridgehead atoms. The molecule has 0 aliphatic heterocycles. The highest BCUT2D eigenvalue weighted by Crippen LogP contribution is 2.61. The molecule has 6 rings (SSSR count). The zero-order valence-corrected chi connectivity index (χ0v) is 39.8. The first-order valence-electron chi connectivity index (χ1n) is 26.6.